The van der Waals surface area contributed by atoms with E-state index in [0.29, 0.717) is 22.8 Å². The van der Waals surface area contributed by atoms with E-state index in [1.165, 1.54) is 32.2 Å². The zero-order chi connectivity index (χ0) is 19.1. The highest BCUT2D eigenvalue weighted by molar-refractivity contribution is 5.96. The molecule has 0 spiro atoms. The lowest BCUT2D eigenvalue weighted by Crippen LogP contribution is -2.22. The predicted octanol–water partition coefficient (Wildman–Crippen LogP) is 2.61. The van der Waals surface area contributed by atoms with Crippen LogP contribution in [-0.4, -0.2) is 30.4 Å². The second kappa shape index (κ2) is 8.47. The Bertz CT molecular complexity index is 838. The molecule has 0 radical (unpaired) electrons. The minimum atomic E-state index is -0.510. The maximum atomic E-state index is 12.2. The van der Waals surface area contributed by atoms with Crippen LogP contribution in [0.1, 0.15) is 6.92 Å². The Hall–Kier alpha value is -3.62. The number of carbonyl (C=O) groups excluding carboxylic acids is 2. The molecule has 2 rings (SSSR count). The second-order valence-corrected chi connectivity index (χ2v) is 5.31. The van der Waals surface area contributed by atoms with Crippen molar-refractivity contribution in [3.8, 4) is 5.75 Å². The van der Waals surface area contributed by atoms with Gasteiger partial charge in [-0.25, -0.2) is 0 Å². The molecular weight excluding hydrogens is 340 g/mol. The molecule has 0 unspecified atom stereocenters. The van der Waals surface area contributed by atoms with Crippen molar-refractivity contribution < 1.29 is 19.2 Å². The maximum absolute atomic E-state index is 12.2. The first-order valence-electron chi connectivity index (χ1n) is 7.63. The van der Waals surface area contributed by atoms with Crippen molar-refractivity contribution in [3.05, 3.63) is 52.6 Å². The number of hydrogen-bond donors (Lipinski definition) is 3. The van der Waals surface area contributed by atoms with Crippen LogP contribution in [-0.2, 0) is 9.59 Å². The number of hydrogen-bond acceptors (Lipinski definition) is 6. The number of anilines is 3. The summed E-state index contributed by atoms with van der Waals surface area (Å²) in [5.74, 6) is -0.183. The fourth-order valence-electron chi connectivity index (χ4n) is 2.19. The first-order valence-corrected chi connectivity index (χ1v) is 7.63. The topological polar surface area (TPSA) is 123 Å². The van der Waals surface area contributed by atoms with Gasteiger partial charge in [-0.3, -0.25) is 19.7 Å². The zero-order valence-electron chi connectivity index (χ0n) is 14.2. The summed E-state index contributed by atoms with van der Waals surface area (Å²) < 4.78 is 5.19. The van der Waals surface area contributed by atoms with Crippen molar-refractivity contribution in [2.45, 2.75) is 6.92 Å². The monoisotopic (exact) mass is 358 g/mol. The van der Waals surface area contributed by atoms with E-state index in [0.717, 1.165) is 0 Å². The molecule has 0 heterocycles. The zero-order valence-corrected chi connectivity index (χ0v) is 14.2. The van der Waals surface area contributed by atoms with Gasteiger partial charge in [0.25, 0.3) is 5.69 Å². The molecule has 3 N–H and O–H groups in total. The summed E-state index contributed by atoms with van der Waals surface area (Å²) in [6.45, 7) is 1.28. The molecule has 0 aliphatic heterocycles. The number of rotatable bonds is 7. The summed E-state index contributed by atoms with van der Waals surface area (Å²) in [6.07, 6.45) is 0. The van der Waals surface area contributed by atoms with E-state index in [-0.39, 0.29) is 24.0 Å². The van der Waals surface area contributed by atoms with Gasteiger partial charge in [-0.15, -0.1) is 0 Å². The molecule has 0 atom stereocenters. The molecule has 9 heteroatoms. The van der Waals surface area contributed by atoms with Crippen molar-refractivity contribution >= 4 is 34.6 Å². The average Bonchev–Trinajstić information content (AvgIpc) is 2.60. The van der Waals surface area contributed by atoms with Crippen LogP contribution >= 0.6 is 0 Å². The van der Waals surface area contributed by atoms with Crippen molar-refractivity contribution in [1.82, 2.24) is 0 Å². The average molecular weight is 358 g/mol. The fourth-order valence-corrected chi connectivity index (χ4v) is 2.19. The van der Waals surface area contributed by atoms with Gasteiger partial charge in [-0.05, 0) is 24.3 Å². The van der Waals surface area contributed by atoms with Crippen LogP contribution < -0.4 is 20.7 Å². The molecule has 0 aliphatic carbocycles. The van der Waals surface area contributed by atoms with E-state index in [1.54, 1.807) is 24.3 Å². The highest BCUT2D eigenvalue weighted by atomic mass is 16.6. The van der Waals surface area contributed by atoms with Crippen molar-refractivity contribution in [2.24, 2.45) is 0 Å². The normalized spacial score (nSPS) is 9.92. The van der Waals surface area contributed by atoms with Gasteiger partial charge in [0.2, 0.25) is 11.8 Å². The van der Waals surface area contributed by atoms with Gasteiger partial charge < -0.3 is 20.7 Å². The third kappa shape index (κ3) is 5.20. The van der Waals surface area contributed by atoms with Crippen LogP contribution in [0.5, 0.6) is 5.75 Å². The first-order chi connectivity index (χ1) is 12.4. The Labute approximate surface area is 149 Å². The number of nitro benzene ring substituents is 1. The Kier molecular flexibility index (Phi) is 6.10. The number of ether oxygens (including phenoxy) is 1. The lowest BCUT2D eigenvalue weighted by molar-refractivity contribution is -0.384. The Morgan fingerprint density at radius 3 is 2.54 bits per heavy atom. The number of methoxy groups -OCH3 is 1. The van der Waals surface area contributed by atoms with E-state index >= 15 is 0 Å². The number of carbonyl (C=O) groups is 2. The molecule has 0 bridgehead atoms. The molecule has 0 saturated carbocycles. The van der Waals surface area contributed by atoms with Gasteiger partial charge >= 0.3 is 0 Å². The van der Waals surface area contributed by atoms with Gasteiger partial charge in [0.1, 0.15) is 5.75 Å². The molecular formula is C17H18N4O5. The summed E-state index contributed by atoms with van der Waals surface area (Å²) in [7, 11) is 1.46. The van der Waals surface area contributed by atoms with Crippen molar-refractivity contribution in [3.63, 3.8) is 0 Å². The van der Waals surface area contributed by atoms with E-state index in [9.17, 15) is 19.7 Å². The van der Waals surface area contributed by atoms with Gasteiger partial charge in [0, 0.05) is 30.4 Å². The number of nitrogens with zero attached hydrogens (tertiary/aromatic N) is 1. The molecule has 9 nitrogen and oxygen atoms in total. The lowest BCUT2D eigenvalue weighted by Gasteiger charge is -2.13. The van der Waals surface area contributed by atoms with Gasteiger partial charge in [-0.1, -0.05) is 6.07 Å². The van der Waals surface area contributed by atoms with E-state index in [2.05, 4.69) is 16.0 Å². The summed E-state index contributed by atoms with van der Waals surface area (Å²) >= 11 is 0. The largest absolute Gasteiger partial charge is 0.495 e. The fraction of sp³-hybridized carbons (Fsp3) is 0.176. The number of benzene rings is 2. The smallest absolute Gasteiger partial charge is 0.271 e. The number of non-ortho nitro benzene ring substituents is 1. The van der Waals surface area contributed by atoms with Crippen LogP contribution in [0.2, 0.25) is 0 Å². The highest BCUT2D eigenvalue weighted by Crippen LogP contribution is 2.27. The molecule has 0 saturated heterocycles. The molecule has 0 fully saturated rings. The third-order valence-corrected chi connectivity index (χ3v) is 3.30. The summed E-state index contributed by atoms with van der Waals surface area (Å²) in [5, 5.41) is 18.9. The summed E-state index contributed by atoms with van der Waals surface area (Å²) in [4.78, 5) is 33.6. The highest BCUT2D eigenvalue weighted by Gasteiger charge is 2.10. The van der Waals surface area contributed by atoms with Crippen molar-refractivity contribution in [2.75, 3.05) is 29.6 Å². The Balaban J connectivity index is 2.04. The quantitative estimate of drug-likeness (QED) is 0.516. The minimum Gasteiger partial charge on any atom is -0.495 e. The van der Waals surface area contributed by atoms with Crippen molar-refractivity contribution in [1.29, 1.82) is 0 Å². The summed E-state index contributed by atoms with van der Waals surface area (Å²) in [6, 6.07) is 10.7. The minimum absolute atomic E-state index is 0.0694. The first kappa shape index (κ1) is 18.7. The van der Waals surface area contributed by atoms with Crippen LogP contribution in [0.15, 0.2) is 42.5 Å². The SMILES string of the molecule is COc1ccc(NC(C)=O)cc1NC(=O)CNc1cccc([N+](=O)[O-])c1. The molecule has 0 aliphatic rings. The number of amides is 2. The second-order valence-electron chi connectivity index (χ2n) is 5.31. The molecule has 2 aromatic carbocycles. The number of nitrogens with one attached hydrogen (secondary N) is 3. The third-order valence-electron chi connectivity index (χ3n) is 3.30. The molecule has 136 valence electrons. The summed E-state index contributed by atoms with van der Waals surface area (Å²) in [5.41, 5.74) is 1.29. The molecule has 2 amide bonds. The number of nitro groups is 1. The van der Waals surface area contributed by atoms with Gasteiger partial charge in [0.05, 0.1) is 24.3 Å². The standard InChI is InChI=1S/C17H18N4O5/c1-11(22)19-13-6-7-16(26-2)15(9-13)20-17(23)10-18-12-4-3-5-14(8-12)21(24)25/h3-9,18H,10H2,1-2H3,(H,19,22)(H,20,23). The Morgan fingerprint density at radius 2 is 1.88 bits per heavy atom. The molecule has 2 aromatic rings. The predicted molar refractivity (Wildman–Crippen MR) is 97.5 cm³/mol. The van der Waals surface area contributed by atoms with E-state index in [4.69, 9.17) is 4.74 Å². The molecule has 26 heavy (non-hydrogen) atoms. The maximum Gasteiger partial charge on any atom is 0.271 e. The van der Waals surface area contributed by atoms with Gasteiger partial charge in [-0.2, -0.15) is 0 Å². The van der Waals surface area contributed by atoms with Crippen LogP contribution in [0.4, 0.5) is 22.7 Å². The van der Waals surface area contributed by atoms with Crippen LogP contribution in [0, 0.1) is 10.1 Å². The molecule has 0 aromatic heterocycles. The van der Waals surface area contributed by atoms with Gasteiger partial charge in [0.15, 0.2) is 0 Å². The van der Waals surface area contributed by atoms with E-state index in [1.807, 2.05) is 0 Å². The van der Waals surface area contributed by atoms with Crippen LogP contribution in [0.3, 0.4) is 0 Å². The van der Waals surface area contributed by atoms with Crippen LogP contribution in [0.25, 0.3) is 0 Å². The Morgan fingerprint density at radius 1 is 1.12 bits per heavy atom. The van der Waals surface area contributed by atoms with E-state index < -0.39 is 4.92 Å². The lowest BCUT2D eigenvalue weighted by atomic mass is 10.2.